The molecule has 2 unspecified atom stereocenters. The van der Waals surface area contributed by atoms with Crippen LogP contribution < -0.4 is 11.5 Å². The molecule has 0 bridgehead atoms. The quantitative estimate of drug-likeness (QED) is 0.624. The molecule has 4 N–H and O–H groups in total. The Morgan fingerprint density at radius 1 is 0.773 bits per heavy atom. The third kappa shape index (κ3) is 4.94. The van der Waals surface area contributed by atoms with Crippen molar-refractivity contribution in [3.63, 3.8) is 0 Å². The van der Waals surface area contributed by atoms with Crippen LogP contribution in [0.5, 0.6) is 0 Å². The van der Waals surface area contributed by atoms with Crippen molar-refractivity contribution in [1.29, 1.82) is 0 Å². The third-order valence-electron chi connectivity index (χ3n) is 2.82. The van der Waals surface area contributed by atoms with Crippen molar-refractivity contribution in [2.75, 3.05) is 12.5 Å². The summed E-state index contributed by atoms with van der Waals surface area (Å²) >= 11 is 0. The van der Waals surface area contributed by atoms with Gasteiger partial charge in [0.2, 0.25) is 0 Å². The second-order valence-electron chi connectivity index (χ2n) is 4.19. The zero-order valence-corrected chi connectivity index (χ0v) is 15.6. The van der Waals surface area contributed by atoms with Crippen LogP contribution >= 0.6 is 42.6 Å². The zero-order chi connectivity index (χ0) is 15.9. The summed E-state index contributed by atoms with van der Waals surface area (Å²) in [4.78, 5) is 10.4. The molecule has 0 fully saturated rings. The van der Waals surface area contributed by atoms with E-state index in [1.54, 1.807) is 46.4 Å². The fourth-order valence-corrected chi connectivity index (χ4v) is 7.53. The molecule has 0 saturated heterocycles. The van der Waals surface area contributed by atoms with Gasteiger partial charge in [0.05, 0.1) is 8.64 Å². The Morgan fingerprint density at radius 3 is 1.41 bits per heavy atom. The van der Waals surface area contributed by atoms with Gasteiger partial charge in [0, 0.05) is 34.6 Å². The van der Waals surface area contributed by atoms with Crippen molar-refractivity contribution in [2.24, 2.45) is 11.5 Å². The zero-order valence-electron chi connectivity index (χ0n) is 12.3. The van der Waals surface area contributed by atoms with Crippen LogP contribution in [0.1, 0.15) is 0 Å². The van der Waals surface area contributed by atoms with Crippen molar-refractivity contribution >= 4 is 51.2 Å². The first-order valence-corrected chi connectivity index (χ1v) is 11.7. The van der Waals surface area contributed by atoms with Crippen LogP contribution in [0.25, 0.3) is 0 Å². The molecule has 0 amide bonds. The van der Waals surface area contributed by atoms with Crippen LogP contribution in [0.4, 0.5) is 0 Å². The maximum Gasteiger partial charge on any atom is 0.0857 e. The Kier molecular flexibility index (Phi) is 7.13. The smallest absolute Gasteiger partial charge is 0.0857 e. The molecule has 4 nitrogen and oxygen atoms in total. The highest BCUT2D eigenvalue weighted by Gasteiger charge is 2.05. The molecule has 2 aromatic heterocycles. The molecule has 2 atom stereocenters. The average molecular weight is 371 g/mol. The van der Waals surface area contributed by atoms with E-state index < -0.39 is 0 Å². The Morgan fingerprint density at radius 2 is 1.09 bits per heavy atom. The minimum Gasteiger partial charge on any atom is -0.291 e. The summed E-state index contributed by atoms with van der Waals surface area (Å²) in [6.45, 7) is 0. The standard InChI is InChI=1S/C14H18N4S4/c1-21(11-3-7-17-8-4-11)13(15)19-20-14(16)22(2)12-5-9-18-10-6-12/h3-10H,15-16H2,1-2H3. The minimum atomic E-state index is -0.132. The summed E-state index contributed by atoms with van der Waals surface area (Å²) in [5.41, 5.74) is 12.4. The van der Waals surface area contributed by atoms with Crippen LogP contribution in [0, 0.1) is 0 Å². The lowest BCUT2D eigenvalue weighted by molar-refractivity contribution is 1.26. The molecular weight excluding hydrogens is 352 g/mol. The lowest BCUT2D eigenvalue weighted by atomic mass is 10.5. The molecule has 8 heteroatoms. The van der Waals surface area contributed by atoms with Crippen molar-refractivity contribution in [3.8, 4) is 0 Å². The number of hydrogen-bond donors (Lipinski definition) is 2. The molecule has 0 aliphatic rings. The average Bonchev–Trinajstić information content (AvgIpc) is 2.59. The number of hydrogen-bond acceptors (Lipinski definition) is 4. The number of aromatic nitrogens is 2. The highest BCUT2D eigenvalue weighted by molar-refractivity contribution is 8.90. The minimum absolute atomic E-state index is 0.132. The van der Waals surface area contributed by atoms with Gasteiger partial charge in [-0.3, -0.25) is 21.4 Å². The third-order valence-corrected chi connectivity index (χ3v) is 10.4. The lowest BCUT2D eigenvalue weighted by Gasteiger charge is -2.10. The number of nitrogens with zero attached hydrogens (tertiary/aromatic N) is 2. The maximum absolute atomic E-state index is 6.21. The van der Waals surface area contributed by atoms with Crippen molar-refractivity contribution in [1.82, 2.24) is 9.97 Å². The van der Waals surface area contributed by atoms with Gasteiger partial charge in [0.15, 0.2) is 0 Å². The van der Waals surface area contributed by atoms with E-state index in [-0.39, 0.29) is 21.0 Å². The van der Waals surface area contributed by atoms with Crippen LogP contribution in [-0.2, 0) is 0 Å². The van der Waals surface area contributed by atoms with Gasteiger partial charge in [-0.05, 0) is 58.4 Å². The van der Waals surface area contributed by atoms with Crippen molar-refractivity contribution in [3.05, 3.63) is 49.1 Å². The van der Waals surface area contributed by atoms with Gasteiger partial charge in [0.1, 0.15) is 0 Å². The van der Waals surface area contributed by atoms with Crippen LogP contribution in [0.2, 0.25) is 0 Å². The Balaban J connectivity index is 2.09. The fraction of sp³-hybridized carbons (Fsp3) is 0.143. The molecule has 0 aliphatic heterocycles. The van der Waals surface area contributed by atoms with Crippen LogP contribution in [0.3, 0.4) is 0 Å². The number of nitrogens with two attached hydrogens (primary N) is 2. The highest BCUT2D eigenvalue weighted by atomic mass is 33.1. The monoisotopic (exact) mass is 370 g/mol. The van der Waals surface area contributed by atoms with Gasteiger partial charge in [-0.15, -0.1) is 21.0 Å². The van der Waals surface area contributed by atoms with E-state index in [1.807, 2.05) is 24.3 Å². The molecule has 0 saturated carbocycles. The molecule has 2 aromatic rings. The van der Waals surface area contributed by atoms with Crippen LogP contribution in [0.15, 0.2) is 58.8 Å². The van der Waals surface area contributed by atoms with Gasteiger partial charge in [-0.2, -0.15) is 0 Å². The van der Waals surface area contributed by atoms with E-state index in [4.69, 9.17) is 11.5 Å². The molecule has 0 spiro atoms. The molecular formula is C14H18N4S4. The van der Waals surface area contributed by atoms with E-state index in [0.29, 0.717) is 0 Å². The number of pyridine rings is 2. The summed E-state index contributed by atoms with van der Waals surface area (Å²) in [7, 11) is 2.82. The predicted octanol–water partition coefficient (Wildman–Crippen LogP) is 3.17. The number of rotatable bonds is 2. The molecule has 0 aromatic carbocycles. The summed E-state index contributed by atoms with van der Waals surface area (Å²) in [5, 5.41) is 0. The molecule has 22 heavy (non-hydrogen) atoms. The molecule has 0 radical (unpaired) electrons. The first kappa shape index (κ1) is 17.7. The first-order chi connectivity index (χ1) is 10.6. The Hall–Kier alpha value is -0.640. The van der Waals surface area contributed by atoms with Gasteiger partial charge >= 0.3 is 0 Å². The predicted molar refractivity (Wildman–Crippen MR) is 106 cm³/mol. The van der Waals surface area contributed by atoms with Crippen molar-refractivity contribution < 1.29 is 0 Å². The molecule has 2 heterocycles. The lowest BCUT2D eigenvalue weighted by Crippen LogP contribution is -2.10. The van der Waals surface area contributed by atoms with E-state index >= 15 is 0 Å². The Bertz CT molecular complexity index is 625. The molecule has 2 rings (SSSR count). The van der Waals surface area contributed by atoms with E-state index in [0.717, 1.165) is 8.64 Å². The second-order valence-corrected chi connectivity index (χ2v) is 10.8. The summed E-state index contributed by atoms with van der Waals surface area (Å²) in [6.07, 6.45) is 11.4. The van der Waals surface area contributed by atoms with Crippen LogP contribution in [-0.4, -0.2) is 31.1 Å². The molecule has 0 aliphatic carbocycles. The summed E-state index contributed by atoms with van der Waals surface area (Å²) in [5.74, 6) is 0. The normalized spacial score (nSPS) is 15.1. The molecule has 118 valence electrons. The topological polar surface area (TPSA) is 77.8 Å². The first-order valence-electron chi connectivity index (χ1n) is 6.31. The highest BCUT2D eigenvalue weighted by Crippen LogP contribution is 2.35. The summed E-state index contributed by atoms with van der Waals surface area (Å²) < 4.78 is 1.73. The fourth-order valence-electron chi connectivity index (χ4n) is 1.50. The maximum atomic E-state index is 6.21. The van der Waals surface area contributed by atoms with E-state index in [1.165, 1.54) is 9.79 Å². The largest absolute Gasteiger partial charge is 0.291 e. The van der Waals surface area contributed by atoms with Crippen molar-refractivity contribution in [2.45, 2.75) is 9.79 Å². The van der Waals surface area contributed by atoms with Gasteiger partial charge in [-0.1, -0.05) is 0 Å². The SMILES string of the molecule is CS(=C(N)SSC(N)=S(C)c1ccncc1)c1ccncc1. The Labute approximate surface area is 143 Å². The van der Waals surface area contributed by atoms with Gasteiger partial charge in [-0.25, -0.2) is 0 Å². The van der Waals surface area contributed by atoms with Gasteiger partial charge in [0.25, 0.3) is 0 Å². The van der Waals surface area contributed by atoms with Gasteiger partial charge < -0.3 is 0 Å². The second kappa shape index (κ2) is 8.85. The van der Waals surface area contributed by atoms with E-state index in [9.17, 15) is 0 Å². The summed E-state index contributed by atoms with van der Waals surface area (Å²) in [6, 6.07) is 7.98. The van der Waals surface area contributed by atoms with E-state index in [2.05, 4.69) is 22.5 Å².